The van der Waals surface area contributed by atoms with Crippen molar-refractivity contribution in [1.29, 1.82) is 0 Å². The summed E-state index contributed by atoms with van der Waals surface area (Å²) in [7, 11) is 6.38. The topological polar surface area (TPSA) is 61.0 Å². The summed E-state index contributed by atoms with van der Waals surface area (Å²) in [6, 6.07) is 11.6. The van der Waals surface area contributed by atoms with Crippen LogP contribution >= 0.6 is 12.2 Å². The van der Waals surface area contributed by atoms with Gasteiger partial charge in [-0.3, -0.25) is 0 Å². The molecule has 0 atom stereocenters. The van der Waals surface area contributed by atoms with Crippen LogP contribution in [-0.2, 0) is 6.42 Å². The van der Waals surface area contributed by atoms with E-state index in [1.54, 1.807) is 40.6 Å². The summed E-state index contributed by atoms with van der Waals surface area (Å²) in [5.41, 5.74) is 1.95. The maximum atomic E-state index is 5.36. The molecule has 0 unspecified atom stereocenters. The highest BCUT2D eigenvalue weighted by Crippen LogP contribution is 2.39. The van der Waals surface area contributed by atoms with E-state index in [2.05, 4.69) is 10.6 Å². The molecular formula is C19H24N2O4S. The number of hydrogen-bond donors (Lipinski definition) is 2. The summed E-state index contributed by atoms with van der Waals surface area (Å²) >= 11 is 5.36. The Morgan fingerprint density at radius 1 is 0.885 bits per heavy atom. The second-order valence-electron chi connectivity index (χ2n) is 5.39. The number of hydrogen-bond acceptors (Lipinski definition) is 5. The van der Waals surface area contributed by atoms with Crippen molar-refractivity contribution in [1.82, 2.24) is 5.32 Å². The first-order valence-corrected chi connectivity index (χ1v) is 8.50. The summed E-state index contributed by atoms with van der Waals surface area (Å²) in [5, 5.41) is 6.84. The number of ether oxygens (including phenoxy) is 4. The van der Waals surface area contributed by atoms with E-state index in [1.165, 1.54) is 5.56 Å². The van der Waals surface area contributed by atoms with Gasteiger partial charge in [0.1, 0.15) is 5.75 Å². The van der Waals surface area contributed by atoms with Crippen molar-refractivity contribution in [3.63, 3.8) is 0 Å². The molecule has 2 aromatic carbocycles. The highest BCUT2D eigenvalue weighted by Gasteiger charge is 2.13. The minimum absolute atomic E-state index is 0.521. The largest absolute Gasteiger partial charge is 0.497 e. The van der Waals surface area contributed by atoms with Crippen molar-refractivity contribution in [2.24, 2.45) is 0 Å². The molecule has 0 aliphatic carbocycles. The van der Waals surface area contributed by atoms with Gasteiger partial charge in [-0.2, -0.15) is 0 Å². The van der Waals surface area contributed by atoms with Crippen molar-refractivity contribution in [2.45, 2.75) is 6.42 Å². The molecule has 0 aliphatic rings. The van der Waals surface area contributed by atoms with Gasteiger partial charge in [0, 0.05) is 24.4 Å². The minimum Gasteiger partial charge on any atom is -0.497 e. The van der Waals surface area contributed by atoms with E-state index in [9.17, 15) is 0 Å². The number of anilines is 1. The summed E-state index contributed by atoms with van der Waals surface area (Å²) in [5.74, 6) is 2.52. The van der Waals surface area contributed by atoms with Crippen LogP contribution in [0.5, 0.6) is 23.0 Å². The monoisotopic (exact) mass is 376 g/mol. The number of benzene rings is 2. The fourth-order valence-electron chi connectivity index (χ4n) is 2.44. The standard InChI is InChI=1S/C19H24N2O4S/c1-22-15-7-5-13(6-8-15)9-10-20-19(26)21-14-11-16(23-2)18(25-4)17(12-14)24-3/h5-8,11-12H,9-10H2,1-4H3,(H2,20,21,26). The summed E-state index contributed by atoms with van der Waals surface area (Å²) in [4.78, 5) is 0. The zero-order chi connectivity index (χ0) is 18.9. The van der Waals surface area contributed by atoms with Crippen molar-refractivity contribution < 1.29 is 18.9 Å². The fraction of sp³-hybridized carbons (Fsp3) is 0.316. The molecule has 26 heavy (non-hydrogen) atoms. The predicted octanol–water partition coefficient (Wildman–Crippen LogP) is 3.25. The lowest BCUT2D eigenvalue weighted by atomic mass is 10.1. The third-order valence-electron chi connectivity index (χ3n) is 3.78. The van der Waals surface area contributed by atoms with Crippen LogP contribution in [0.1, 0.15) is 5.56 Å². The van der Waals surface area contributed by atoms with Crippen molar-refractivity contribution in [2.75, 3.05) is 40.3 Å². The lowest BCUT2D eigenvalue weighted by Crippen LogP contribution is -2.30. The van der Waals surface area contributed by atoms with Gasteiger partial charge in [-0.05, 0) is 36.3 Å². The molecule has 0 spiro atoms. The van der Waals surface area contributed by atoms with E-state index >= 15 is 0 Å². The van der Waals surface area contributed by atoms with E-state index < -0.39 is 0 Å². The maximum Gasteiger partial charge on any atom is 0.203 e. The zero-order valence-corrected chi connectivity index (χ0v) is 16.2. The Hall–Kier alpha value is -2.67. The molecule has 2 rings (SSSR count). The molecule has 2 aromatic rings. The van der Waals surface area contributed by atoms with Crippen LogP contribution in [0.15, 0.2) is 36.4 Å². The highest BCUT2D eigenvalue weighted by atomic mass is 32.1. The van der Waals surface area contributed by atoms with Crippen LogP contribution in [-0.4, -0.2) is 40.1 Å². The normalized spacial score (nSPS) is 10.0. The minimum atomic E-state index is 0.521. The molecule has 0 radical (unpaired) electrons. The SMILES string of the molecule is COc1ccc(CCNC(=S)Nc2cc(OC)c(OC)c(OC)c2)cc1. The van der Waals surface area contributed by atoms with Gasteiger partial charge in [0.15, 0.2) is 16.6 Å². The molecule has 140 valence electrons. The number of methoxy groups -OCH3 is 4. The average Bonchev–Trinajstić information content (AvgIpc) is 2.67. The smallest absolute Gasteiger partial charge is 0.203 e. The molecule has 0 aromatic heterocycles. The van der Waals surface area contributed by atoms with Crippen LogP contribution < -0.4 is 29.6 Å². The first kappa shape index (κ1) is 19.7. The van der Waals surface area contributed by atoms with E-state index in [-0.39, 0.29) is 0 Å². The lowest BCUT2D eigenvalue weighted by molar-refractivity contribution is 0.324. The third kappa shape index (κ3) is 5.16. The van der Waals surface area contributed by atoms with Gasteiger partial charge in [-0.1, -0.05) is 12.1 Å². The second kappa shape index (κ2) is 9.72. The Kier molecular flexibility index (Phi) is 7.35. The molecule has 6 nitrogen and oxygen atoms in total. The molecule has 0 amide bonds. The molecule has 0 aliphatic heterocycles. The summed E-state index contributed by atoms with van der Waals surface area (Å²) in [6.07, 6.45) is 0.848. The number of rotatable bonds is 8. The van der Waals surface area contributed by atoms with E-state index in [0.717, 1.165) is 17.9 Å². The van der Waals surface area contributed by atoms with Gasteiger partial charge < -0.3 is 29.6 Å². The average molecular weight is 376 g/mol. The van der Waals surface area contributed by atoms with Gasteiger partial charge in [0.05, 0.1) is 28.4 Å². The van der Waals surface area contributed by atoms with Crippen LogP contribution in [0.3, 0.4) is 0 Å². The molecule has 0 bridgehead atoms. The van der Waals surface area contributed by atoms with Crippen molar-refractivity contribution >= 4 is 23.0 Å². The number of nitrogens with one attached hydrogen (secondary N) is 2. The van der Waals surface area contributed by atoms with E-state index in [0.29, 0.717) is 28.9 Å². The predicted molar refractivity (Wildman–Crippen MR) is 107 cm³/mol. The Morgan fingerprint density at radius 3 is 2.00 bits per heavy atom. The second-order valence-corrected chi connectivity index (χ2v) is 5.80. The van der Waals surface area contributed by atoms with Gasteiger partial charge in [0.2, 0.25) is 5.75 Å². The lowest BCUT2D eigenvalue weighted by Gasteiger charge is -2.16. The van der Waals surface area contributed by atoms with Crippen LogP contribution in [0, 0.1) is 0 Å². The quantitative estimate of drug-likeness (QED) is 0.686. The first-order chi connectivity index (χ1) is 12.6. The zero-order valence-electron chi connectivity index (χ0n) is 15.4. The highest BCUT2D eigenvalue weighted by molar-refractivity contribution is 7.80. The Morgan fingerprint density at radius 2 is 1.50 bits per heavy atom. The molecular weight excluding hydrogens is 352 g/mol. The van der Waals surface area contributed by atoms with Crippen LogP contribution in [0.2, 0.25) is 0 Å². The summed E-state index contributed by atoms with van der Waals surface area (Å²) < 4.78 is 21.1. The van der Waals surface area contributed by atoms with Gasteiger partial charge in [-0.15, -0.1) is 0 Å². The molecule has 7 heteroatoms. The van der Waals surface area contributed by atoms with Gasteiger partial charge in [-0.25, -0.2) is 0 Å². The molecule has 0 saturated carbocycles. The molecule has 0 fully saturated rings. The van der Waals surface area contributed by atoms with E-state index in [4.69, 9.17) is 31.2 Å². The van der Waals surface area contributed by atoms with Crippen LogP contribution in [0.4, 0.5) is 5.69 Å². The number of thiocarbonyl (C=S) groups is 1. The Balaban J connectivity index is 1.92. The molecule has 2 N–H and O–H groups in total. The Labute approximate surface area is 159 Å². The van der Waals surface area contributed by atoms with E-state index in [1.807, 2.05) is 24.3 Å². The van der Waals surface area contributed by atoms with Gasteiger partial charge in [0.25, 0.3) is 0 Å². The molecule has 0 saturated heterocycles. The Bertz CT molecular complexity index is 710. The van der Waals surface area contributed by atoms with Crippen molar-refractivity contribution in [3.8, 4) is 23.0 Å². The van der Waals surface area contributed by atoms with Gasteiger partial charge >= 0.3 is 0 Å². The maximum absolute atomic E-state index is 5.36. The summed E-state index contributed by atoms with van der Waals surface area (Å²) in [6.45, 7) is 0.711. The van der Waals surface area contributed by atoms with Crippen LogP contribution in [0.25, 0.3) is 0 Å². The first-order valence-electron chi connectivity index (χ1n) is 8.09. The van der Waals surface area contributed by atoms with Crippen molar-refractivity contribution in [3.05, 3.63) is 42.0 Å². The fourth-order valence-corrected chi connectivity index (χ4v) is 2.66. The third-order valence-corrected chi connectivity index (χ3v) is 4.03. The molecule has 0 heterocycles.